The number of aromatic amines is 1. The van der Waals surface area contributed by atoms with Crippen LogP contribution in [0.4, 0.5) is 0 Å². The number of benzene rings is 2. The van der Waals surface area contributed by atoms with Crippen molar-refractivity contribution in [2.45, 2.75) is 52.4 Å². The molecule has 3 aromatic rings. The van der Waals surface area contributed by atoms with Gasteiger partial charge in [0.25, 0.3) is 5.91 Å². The molecule has 3 N–H and O–H groups in total. The number of hydrogen-bond acceptors (Lipinski definition) is 4. The van der Waals surface area contributed by atoms with Crippen LogP contribution < -0.4 is 10.8 Å². The number of carbonyl (C=O) groups excluding carboxylic acids is 1. The summed E-state index contributed by atoms with van der Waals surface area (Å²) in [5, 5.41) is 4.86. The number of fused-ring (bicyclic) bond motifs is 1. The molecule has 0 spiro atoms. The molecule has 0 radical (unpaired) electrons. The van der Waals surface area contributed by atoms with Crippen molar-refractivity contribution in [3.8, 4) is 0 Å². The Morgan fingerprint density at radius 1 is 1.21 bits per heavy atom. The number of ether oxygens (including phenoxy) is 1. The highest BCUT2D eigenvalue weighted by molar-refractivity contribution is 5.91. The molecule has 1 aliphatic heterocycles. The maximum absolute atomic E-state index is 12.0. The van der Waals surface area contributed by atoms with Crippen LogP contribution in [-0.2, 0) is 27.3 Å². The lowest BCUT2D eigenvalue weighted by atomic mass is 10.0. The second-order valence-corrected chi connectivity index (χ2v) is 8.61. The van der Waals surface area contributed by atoms with Crippen molar-refractivity contribution in [1.29, 1.82) is 0 Å². The average molecular weight is 448 g/mol. The number of hydrogen-bond donors (Lipinski definition) is 3. The van der Waals surface area contributed by atoms with Gasteiger partial charge in [-0.2, -0.15) is 0 Å². The monoisotopic (exact) mass is 447 g/mol. The lowest BCUT2D eigenvalue weighted by molar-refractivity contribution is -0.198. The first kappa shape index (κ1) is 23.2. The number of carbonyl (C=O) groups is 1. The molecule has 0 bridgehead atoms. The van der Waals surface area contributed by atoms with Gasteiger partial charge in [-0.15, -0.1) is 0 Å². The standard InChI is InChI=1S/C27H33N3O3/c1-19-17-21(18-28-15-14-23-20(2)29-25-8-4-3-7-24(23)25)10-11-22(19)12-13-26(31)30-33-27-9-5-6-16-32-27/h3-4,7-8,10-13,17,27-29H,5-6,9,14-16,18H2,1-2H3,(H,30,31)/b13-12+. The maximum atomic E-state index is 12.0. The van der Waals surface area contributed by atoms with Gasteiger partial charge >= 0.3 is 0 Å². The third kappa shape index (κ3) is 6.32. The quantitative estimate of drug-likeness (QED) is 0.252. The lowest BCUT2D eigenvalue weighted by Crippen LogP contribution is -2.32. The first-order chi connectivity index (χ1) is 16.1. The lowest BCUT2D eigenvalue weighted by Gasteiger charge is -2.21. The van der Waals surface area contributed by atoms with E-state index < -0.39 is 0 Å². The summed E-state index contributed by atoms with van der Waals surface area (Å²) in [5.41, 5.74) is 9.64. The Balaban J connectivity index is 1.23. The Morgan fingerprint density at radius 3 is 2.91 bits per heavy atom. The molecule has 0 saturated carbocycles. The van der Waals surface area contributed by atoms with Crippen molar-refractivity contribution in [1.82, 2.24) is 15.8 Å². The minimum Gasteiger partial charge on any atom is -0.358 e. The van der Waals surface area contributed by atoms with Crippen LogP contribution in [0.2, 0.25) is 0 Å². The van der Waals surface area contributed by atoms with E-state index in [0.29, 0.717) is 6.61 Å². The molecule has 1 aromatic heterocycles. The van der Waals surface area contributed by atoms with Crippen LogP contribution in [0, 0.1) is 13.8 Å². The van der Waals surface area contributed by atoms with E-state index >= 15 is 0 Å². The van der Waals surface area contributed by atoms with Crippen molar-refractivity contribution in [2.24, 2.45) is 0 Å². The van der Waals surface area contributed by atoms with Gasteiger partial charge in [-0.1, -0.05) is 36.4 Å². The Hall–Kier alpha value is -2.93. The van der Waals surface area contributed by atoms with Crippen LogP contribution in [0.3, 0.4) is 0 Å². The van der Waals surface area contributed by atoms with Crippen molar-refractivity contribution >= 4 is 22.9 Å². The van der Waals surface area contributed by atoms with Gasteiger partial charge < -0.3 is 15.0 Å². The second-order valence-electron chi connectivity index (χ2n) is 8.61. The van der Waals surface area contributed by atoms with Crippen LogP contribution in [0.1, 0.15) is 47.2 Å². The van der Waals surface area contributed by atoms with Gasteiger partial charge in [0, 0.05) is 42.2 Å². The molecule has 4 rings (SSSR count). The van der Waals surface area contributed by atoms with E-state index in [4.69, 9.17) is 9.57 Å². The Labute approximate surface area is 195 Å². The third-order valence-corrected chi connectivity index (χ3v) is 6.09. The van der Waals surface area contributed by atoms with Gasteiger partial charge in [0.05, 0.1) is 0 Å². The highest BCUT2D eigenvalue weighted by Crippen LogP contribution is 2.22. The van der Waals surface area contributed by atoms with Crippen molar-refractivity contribution in [3.63, 3.8) is 0 Å². The fraction of sp³-hybridized carbons (Fsp3) is 0.370. The summed E-state index contributed by atoms with van der Waals surface area (Å²) >= 11 is 0. The fourth-order valence-corrected chi connectivity index (χ4v) is 4.27. The molecular weight excluding hydrogens is 414 g/mol. The first-order valence-corrected chi connectivity index (χ1v) is 11.7. The molecule has 1 fully saturated rings. The molecule has 1 amide bonds. The summed E-state index contributed by atoms with van der Waals surface area (Å²) in [6, 6.07) is 14.8. The highest BCUT2D eigenvalue weighted by Gasteiger charge is 2.15. The van der Waals surface area contributed by atoms with E-state index in [1.165, 1.54) is 33.8 Å². The number of amides is 1. The molecule has 6 nitrogen and oxygen atoms in total. The Bertz CT molecular complexity index is 1110. The van der Waals surface area contributed by atoms with Gasteiger partial charge in [-0.3, -0.25) is 4.79 Å². The molecular formula is C27H33N3O3. The molecule has 2 heterocycles. The smallest absolute Gasteiger partial charge is 0.267 e. The molecule has 6 heteroatoms. The molecule has 174 valence electrons. The van der Waals surface area contributed by atoms with Crippen LogP contribution in [-0.4, -0.2) is 30.3 Å². The van der Waals surface area contributed by atoms with Crippen LogP contribution in [0.5, 0.6) is 0 Å². The summed E-state index contributed by atoms with van der Waals surface area (Å²) in [6.45, 7) is 6.60. The normalized spacial score (nSPS) is 16.5. The van der Waals surface area contributed by atoms with Crippen molar-refractivity contribution < 1.29 is 14.4 Å². The average Bonchev–Trinajstić information content (AvgIpc) is 3.15. The van der Waals surface area contributed by atoms with Gasteiger partial charge in [0.15, 0.2) is 6.29 Å². The van der Waals surface area contributed by atoms with Crippen molar-refractivity contribution in [2.75, 3.05) is 13.2 Å². The highest BCUT2D eigenvalue weighted by atomic mass is 16.8. The predicted octanol–water partition coefficient (Wildman–Crippen LogP) is 4.70. The Morgan fingerprint density at radius 2 is 2.09 bits per heavy atom. The van der Waals surface area contributed by atoms with Crippen molar-refractivity contribution in [3.05, 3.63) is 76.5 Å². The molecule has 1 atom stereocenters. The zero-order valence-electron chi connectivity index (χ0n) is 19.4. The molecule has 2 aromatic carbocycles. The van der Waals surface area contributed by atoms with E-state index in [9.17, 15) is 4.79 Å². The summed E-state index contributed by atoms with van der Waals surface area (Å²) in [5.74, 6) is -0.290. The number of H-pyrrole nitrogens is 1. The van der Waals surface area contributed by atoms with E-state index in [1.54, 1.807) is 0 Å². The number of aryl methyl sites for hydroxylation is 2. The summed E-state index contributed by atoms with van der Waals surface area (Å²) in [6.07, 6.45) is 6.85. The number of aromatic nitrogens is 1. The summed E-state index contributed by atoms with van der Waals surface area (Å²) < 4.78 is 5.44. The summed E-state index contributed by atoms with van der Waals surface area (Å²) in [4.78, 5) is 20.8. The molecule has 0 aliphatic carbocycles. The fourth-order valence-electron chi connectivity index (χ4n) is 4.27. The first-order valence-electron chi connectivity index (χ1n) is 11.7. The number of hydroxylamine groups is 1. The zero-order valence-corrected chi connectivity index (χ0v) is 19.4. The van der Waals surface area contributed by atoms with E-state index in [0.717, 1.165) is 49.9 Å². The topological polar surface area (TPSA) is 75.4 Å². The second kappa shape index (κ2) is 11.3. The van der Waals surface area contributed by atoms with E-state index in [-0.39, 0.29) is 12.2 Å². The zero-order chi connectivity index (χ0) is 23.0. The Kier molecular flexibility index (Phi) is 7.94. The summed E-state index contributed by atoms with van der Waals surface area (Å²) in [7, 11) is 0. The third-order valence-electron chi connectivity index (χ3n) is 6.09. The maximum Gasteiger partial charge on any atom is 0.267 e. The van der Waals surface area contributed by atoms with Gasteiger partial charge in [0.1, 0.15) is 0 Å². The van der Waals surface area contributed by atoms with Crippen LogP contribution in [0.15, 0.2) is 48.5 Å². The molecule has 1 unspecified atom stereocenters. The number of para-hydroxylation sites is 1. The van der Waals surface area contributed by atoms with E-state index in [2.05, 4.69) is 66.0 Å². The van der Waals surface area contributed by atoms with Crippen LogP contribution >= 0.6 is 0 Å². The van der Waals surface area contributed by atoms with Gasteiger partial charge in [-0.05, 0) is 74.1 Å². The molecule has 1 aliphatic rings. The van der Waals surface area contributed by atoms with Gasteiger partial charge in [-0.25, -0.2) is 10.3 Å². The predicted molar refractivity (Wildman–Crippen MR) is 131 cm³/mol. The minimum absolute atomic E-state index is 0.290. The SMILES string of the molecule is Cc1cc(CNCCc2c(C)[nH]c3ccccc23)ccc1/C=C/C(=O)NOC1CCCCO1. The molecule has 33 heavy (non-hydrogen) atoms. The van der Waals surface area contributed by atoms with E-state index in [1.807, 2.05) is 12.1 Å². The van der Waals surface area contributed by atoms with Gasteiger partial charge in [0.2, 0.25) is 0 Å². The number of nitrogens with one attached hydrogen (secondary N) is 3. The largest absolute Gasteiger partial charge is 0.358 e. The molecule has 1 saturated heterocycles. The number of rotatable bonds is 9. The van der Waals surface area contributed by atoms with Crippen LogP contribution in [0.25, 0.3) is 17.0 Å². The minimum atomic E-state index is -0.343.